The average Bonchev–Trinajstić information content (AvgIpc) is 0.803. The summed E-state index contributed by atoms with van der Waals surface area (Å²) < 4.78 is 15.9. The molecule has 32 heteroatoms. The van der Waals surface area contributed by atoms with Crippen LogP contribution in [0, 0.1) is 41.4 Å². The van der Waals surface area contributed by atoms with Crippen LogP contribution in [0.25, 0.3) is 0 Å². The Morgan fingerprint density at radius 1 is 0.452 bits per heavy atom. The number of alkyl carbamates (subject to hydrolysis) is 1. The van der Waals surface area contributed by atoms with Gasteiger partial charge in [-0.3, -0.25) is 67.6 Å². The van der Waals surface area contributed by atoms with Gasteiger partial charge in [-0.25, -0.2) is 4.79 Å². The Morgan fingerprint density at radius 2 is 0.894 bits per heavy atom. The summed E-state index contributed by atoms with van der Waals surface area (Å²) in [4.78, 5) is 200. The second-order valence-corrected chi connectivity index (χ2v) is 29.7. The molecule has 0 heterocycles. The number of amides is 13. The SMILES string of the molecule is CC=CCC(C)C(O)C(CC(=O)NC(C(=O)N(C)C)C(C)OC(=O)NCOCCOCNC(=O)CC(=O)O)N(C)C(=O)C(C(C)C)N(C)C(=O)C(CC(C)C)N(C)C(=O)C(CC(C)C)N(C)C(=O)C(C)NC(=O)C(C)NC(=O)C(CC(C)C)N(C)C(=O)C(NC(=O)C(CC(C)C)N(C)C(C)=O)C(C)C. The summed E-state index contributed by atoms with van der Waals surface area (Å²) in [6, 6.07) is -12.0. The Hall–Kier alpha value is -8.00. The van der Waals surface area contributed by atoms with Crippen molar-refractivity contribution in [2.45, 2.75) is 242 Å². The zero-order chi connectivity index (χ0) is 80.7. The van der Waals surface area contributed by atoms with Gasteiger partial charge in [0.05, 0.1) is 25.4 Å². The molecule has 0 rings (SSSR count). The molecule has 0 fully saturated rings. The molecule has 13 amide bonds. The van der Waals surface area contributed by atoms with E-state index in [1.54, 1.807) is 47.6 Å². The second kappa shape index (κ2) is 46.7. The van der Waals surface area contributed by atoms with Gasteiger partial charge in [0, 0.05) is 69.7 Å². The van der Waals surface area contributed by atoms with E-state index in [0.717, 1.165) is 0 Å². The summed E-state index contributed by atoms with van der Waals surface area (Å²) in [6.45, 7) is 30.2. The normalized spacial score (nSPS) is 15.4. The topological polar surface area (TPSA) is 402 Å². The number of rotatable bonds is 46. The van der Waals surface area contributed by atoms with E-state index in [4.69, 9.17) is 19.3 Å². The number of hydrogen-bond donors (Lipinski definition) is 8. The molecule has 0 radical (unpaired) electrons. The first-order chi connectivity index (χ1) is 48.1. The van der Waals surface area contributed by atoms with Crippen molar-refractivity contribution >= 4 is 82.9 Å². The van der Waals surface area contributed by atoms with E-state index in [0.29, 0.717) is 12.8 Å². The summed E-state index contributed by atoms with van der Waals surface area (Å²) in [5.41, 5.74) is 0. The number of carbonyl (C=O) groups excluding carboxylic acids is 13. The summed E-state index contributed by atoms with van der Waals surface area (Å²) in [5, 5.41) is 36.2. The predicted octanol–water partition coefficient (Wildman–Crippen LogP) is 2.54. The number of carboxylic acid groups (broad SMARTS) is 1. The fourth-order valence-electron chi connectivity index (χ4n) is 11.6. The van der Waals surface area contributed by atoms with Crippen molar-refractivity contribution in [1.29, 1.82) is 0 Å². The van der Waals surface area contributed by atoms with Gasteiger partial charge in [0.2, 0.25) is 70.9 Å². The molecule has 0 aliphatic rings. The molecule has 13 unspecified atom stereocenters. The van der Waals surface area contributed by atoms with Crippen LogP contribution in [0.3, 0.4) is 0 Å². The summed E-state index contributed by atoms with van der Waals surface area (Å²) >= 11 is 0. The molecular weight excluding hydrogens is 1350 g/mol. The first-order valence-corrected chi connectivity index (χ1v) is 36.0. The highest BCUT2D eigenvalue weighted by Gasteiger charge is 2.45. The molecule has 0 spiro atoms. The van der Waals surface area contributed by atoms with Crippen molar-refractivity contribution in [3.63, 3.8) is 0 Å². The maximum atomic E-state index is 15.2. The Balaban J connectivity index is 6.93. The van der Waals surface area contributed by atoms with Gasteiger partial charge >= 0.3 is 12.1 Å². The number of ether oxygens (including phenoxy) is 3. The number of aliphatic carboxylic acids is 1. The molecule has 13 atom stereocenters. The molecule has 0 aliphatic carbocycles. The van der Waals surface area contributed by atoms with Crippen LogP contribution in [0.1, 0.15) is 170 Å². The van der Waals surface area contributed by atoms with Crippen LogP contribution >= 0.6 is 0 Å². The first kappa shape index (κ1) is 96.0. The van der Waals surface area contributed by atoms with Crippen LogP contribution in [0.15, 0.2) is 12.2 Å². The smallest absolute Gasteiger partial charge is 0.409 e. The fourth-order valence-corrected chi connectivity index (χ4v) is 11.6. The standard InChI is InChI=1S/C72H129N13O19/c1-27-28-29-46(14)62(91)51(36-57(88)77-60(69(98)79(19)20)49(17)104-72(101)74-39-103-31-30-102-38-73-56(87)37-58(89)90)81(22)71(100)61(45(12)13)85(26)68(97)55(35-43(8)9)84(25)67(96)54(34-42(6)7)83(24)66(95)48(16)76-63(92)47(15)75-64(93)53(33-41(4)5)82(23)70(99)59(44(10)11)78-65(94)52(32-40(2)3)80(21)50(18)86/h27-28,40-49,51-55,59-62,91H,29-39H2,1-26H3,(H,73,87)(H,74,101)(H,75,93)(H,76,92)(H,77,88)(H,78,94)(H,89,90). The zero-order valence-corrected chi connectivity index (χ0v) is 66.9. The zero-order valence-electron chi connectivity index (χ0n) is 66.9. The lowest BCUT2D eigenvalue weighted by Crippen LogP contribution is -2.61. The number of hydrogen-bond acceptors (Lipinski definition) is 18. The van der Waals surface area contributed by atoms with Crippen molar-refractivity contribution in [3.05, 3.63) is 12.2 Å². The van der Waals surface area contributed by atoms with Gasteiger partial charge in [-0.05, 0) is 101 Å². The molecule has 32 nitrogen and oxygen atoms in total. The lowest BCUT2D eigenvalue weighted by Gasteiger charge is -2.42. The summed E-state index contributed by atoms with van der Waals surface area (Å²) in [6.07, 6.45) is -0.372. The van der Waals surface area contributed by atoms with Gasteiger partial charge in [0.1, 0.15) is 80.4 Å². The number of carboxylic acids is 1. The fraction of sp³-hybridized carbons (Fsp3) is 0.778. The number of nitrogens with one attached hydrogen (secondary N) is 6. The van der Waals surface area contributed by atoms with Crippen LogP contribution < -0.4 is 31.9 Å². The van der Waals surface area contributed by atoms with E-state index in [9.17, 15) is 57.8 Å². The average molecular weight is 1480 g/mol. The van der Waals surface area contributed by atoms with Crippen LogP contribution in [-0.4, -0.2) is 283 Å². The van der Waals surface area contributed by atoms with Crippen LogP contribution in [0.4, 0.5) is 4.79 Å². The molecule has 0 bridgehead atoms. The maximum Gasteiger partial charge on any atom is 0.409 e. The van der Waals surface area contributed by atoms with Gasteiger partial charge in [0.25, 0.3) is 0 Å². The third-order valence-electron chi connectivity index (χ3n) is 17.8. The summed E-state index contributed by atoms with van der Waals surface area (Å²) in [5.74, 6) is -11.1. The van der Waals surface area contributed by atoms with E-state index < -0.39 is 180 Å². The minimum atomic E-state index is -1.48. The molecule has 0 aromatic heterocycles. The van der Waals surface area contributed by atoms with E-state index in [2.05, 4.69) is 31.9 Å². The Kier molecular flexibility index (Phi) is 43.2. The van der Waals surface area contributed by atoms with E-state index in [1.165, 1.54) is 118 Å². The molecule has 0 saturated heterocycles. The molecule has 104 heavy (non-hydrogen) atoms. The third-order valence-corrected chi connectivity index (χ3v) is 17.8. The minimum absolute atomic E-state index is 0.0366. The molecule has 0 aromatic carbocycles. The predicted molar refractivity (Wildman–Crippen MR) is 391 cm³/mol. The van der Waals surface area contributed by atoms with Crippen LogP contribution in [0.2, 0.25) is 0 Å². The Bertz CT molecular complexity index is 2870. The van der Waals surface area contributed by atoms with Gasteiger partial charge in [-0.2, -0.15) is 0 Å². The van der Waals surface area contributed by atoms with Crippen molar-refractivity contribution in [2.75, 3.05) is 83.1 Å². The van der Waals surface area contributed by atoms with Crippen molar-refractivity contribution in [2.24, 2.45) is 41.4 Å². The van der Waals surface area contributed by atoms with Gasteiger partial charge in [-0.15, -0.1) is 0 Å². The number of likely N-dealkylation sites (N-methyl/N-ethyl adjacent to an activating group) is 7. The molecular formula is C72H129N13O19. The van der Waals surface area contributed by atoms with E-state index in [1.807, 2.05) is 61.5 Å². The number of allylic oxidation sites excluding steroid dienone is 2. The van der Waals surface area contributed by atoms with Crippen LogP contribution in [0.5, 0.6) is 0 Å². The molecule has 0 aliphatic heterocycles. The number of aliphatic hydroxyl groups excluding tert-OH is 1. The van der Waals surface area contributed by atoms with Crippen molar-refractivity contribution in [1.82, 2.24) is 66.2 Å². The largest absolute Gasteiger partial charge is 0.481 e. The van der Waals surface area contributed by atoms with Gasteiger partial charge in [-0.1, -0.05) is 102 Å². The monoisotopic (exact) mass is 1480 g/mol. The maximum absolute atomic E-state index is 15.2. The van der Waals surface area contributed by atoms with Crippen LogP contribution in [-0.2, 0) is 76.5 Å². The first-order valence-electron chi connectivity index (χ1n) is 36.0. The molecule has 596 valence electrons. The number of aliphatic hydroxyl groups is 1. The van der Waals surface area contributed by atoms with E-state index >= 15 is 14.4 Å². The minimum Gasteiger partial charge on any atom is -0.481 e. The highest BCUT2D eigenvalue weighted by atomic mass is 16.6. The summed E-state index contributed by atoms with van der Waals surface area (Å²) in [7, 11) is 11.5. The van der Waals surface area contributed by atoms with Crippen molar-refractivity contribution in [3.8, 4) is 0 Å². The van der Waals surface area contributed by atoms with Gasteiger partial charge < -0.3 is 85.3 Å². The van der Waals surface area contributed by atoms with Crippen molar-refractivity contribution < 1.29 is 91.5 Å². The molecule has 0 aromatic rings. The third kappa shape index (κ3) is 32.2. The quantitative estimate of drug-likeness (QED) is 0.0188. The highest BCUT2D eigenvalue weighted by molar-refractivity contribution is 5.98. The molecule has 8 N–H and O–H groups in total. The van der Waals surface area contributed by atoms with Gasteiger partial charge in [0.15, 0.2) is 0 Å². The lowest BCUT2D eigenvalue weighted by molar-refractivity contribution is -0.156. The number of carbonyl (C=O) groups is 14. The highest BCUT2D eigenvalue weighted by Crippen LogP contribution is 2.26. The second-order valence-electron chi connectivity index (χ2n) is 29.7. The molecule has 0 saturated carbocycles. The lowest BCUT2D eigenvalue weighted by atomic mass is 9.90. The van der Waals surface area contributed by atoms with E-state index in [-0.39, 0.29) is 75.5 Å². The Labute approximate surface area is 617 Å². The Morgan fingerprint density at radius 3 is 1.35 bits per heavy atom. The number of nitrogens with zero attached hydrogens (tertiary/aromatic N) is 7.